The number of aryl methyl sites for hydroxylation is 1. The van der Waals surface area contributed by atoms with Gasteiger partial charge in [-0.3, -0.25) is 19.1 Å². The van der Waals surface area contributed by atoms with Gasteiger partial charge in [-0.1, -0.05) is 12.8 Å². The van der Waals surface area contributed by atoms with Gasteiger partial charge in [0.15, 0.2) is 5.78 Å². The number of piperazine rings is 1. The second-order valence-corrected chi connectivity index (χ2v) is 11.7. The van der Waals surface area contributed by atoms with Crippen LogP contribution < -0.4 is 15.8 Å². The molecule has 11 nitrogen and oxygen atoms in total. The number of nitrogens with one attached hydrogen (secondary N) is 1. The zero-order chi connectivity index (χ0) is 27.7. The molecule has 13 heteroatoms. The molecular formula is C26H32FN7O4S. The molecule has 0 radical (unpaired) electrons. The highest BCUT2D eigenvalue weighted by molar-refractivity contribution is 7.86. The number of pyridine rings is 2. The fraction of sp³-hybridized carbons (Fsp3) is 0.500. The van der Waals surface area contributed by atoms with Gasteiger partial charge in [0.1, 0.15) is 11.5 Å². The minimum Gasteiger partial charge on any atom is -0.368 e. The van der Waals surface area contributed by atoms with E-state index in [4.69, 9.17) is 4.98 Å². The van der Waals surface area contributed by atoms with E-state index in [0.29, 0.717) is 54.5 Å². The molecule has 0 spiro atoms. The lowest BCUT2D eigenvalue weighted by molar-refractivity contribution is 0.101. The van der Waals surface area contributed by atoms with E-state index in [2.05, 4.69) is 20.2 Å². The first-order valence-electron chi connectivity index (χ1n) is 13.2. The maximum Gasteiger partial charge on any atom is 0.303 e. The Hall–Kier alpha value is -3.45. The van der Waals surface area contributed by atoms with E-state index in [0.717, 1.165) is 31.4 Å². The molecule has 208 valence electrons. The molecule has 0 atom stereocenters. The molecule has 0 aromatic carbocycles. The van der Waals surface area contributed by atoms with Crippen LogP contribution in [0, 0.1) is 6.92 Å². The number of ketones is 1. The van der Waals surface area contributed by atoms with Crippen LogP contribution in [-0.2, 0) is 10.2 Å². The monoisotopic (exact) mass is 557 g/mol. The largest absolute Gasteiger partial charge is 0.368 e. The lowest BCUT2D eigenvalue weighted by atomic mass is 10.0. The van der Waals surface area contributed by atoms with E-state index in [1.54, 1.807) is 23.9 Å². The third-order valence-electron chi connectivity index (χ3n) is 7.63. The van der Waals surface area contributed by atoms with Gasteiger partial charge in [-0.05, 0) is 44.4 Å². The van der Waals surface area contributed by atoms with Crippen LogP contribution in [-0.4, -0.2) is 77.1 Å². The Morgan fingerprint density at radius 1 is 1.10 bits per heavy atom. The first-order chi connectivity index (χ1) is 18.6. The lowest BCUT2D eigenvalue weighted by Crippen LogP contribution is -2.47. The van der Waals surface area contributed by atoms with Crippen LogP contribution in [0.15, 0.2) is 29.3 Å². The molecule has 1 saturated heterocycles. The molecule has 3 aromatic heterocycles. The normalized spacial score (nSPS) is 17.2. The molecule has 0 bridgehead atoms. The molecule has 5 rings (SSSR count). The highest BCUT2D eigenvalue weighted by Gasteiger charge is 2.26. The van der Waals surface area contributed by atoms with Crippen LogP contribution in [0.4, 0.5) is 21.3 Å². The van der Waals surface area contributed by atoms with E-state index in [1.807, 2.05) is 17.0 Å². The van der Waals surface area contributed by atoms with Crippen molar-refractivity contribution in [1.82, 2.24) is 24.4 Å². The zero-order valence-corrected chi connectivity index (χ0v) is 22.9. The molecule has 1 aliphatic carbocycles. The maximum absolute atomic E-state index is 13.4. The number of carbonyl (C=O) groups excluding carboxylic acids is 1. The second-order valence-electron chi connectivity index (χ2n) is 10.2. The fourth-order valence-electron chi connectivity index (χ4n) is 5.54. The van der Waals surface area contributed by atoms with E-state index >= 15 is 0 Å². The van der Waals surface area contributed by atoms with Gasteiger partial charge in [0.25, 0.3) is 5.56 Å². The predicted octanol–water partition coefficient (Wildman–Crippen LogP) is 2.98. The third kappa shape index (κ3) is 5.93. The van der Waals surface area contributed by atoms with Crippen molar-refractivity contribution in [2.45, 2.75) is 45.6 Å². The van der Waals surface area contributed by atoms with Gasteiger partial charge in [0.05, 0.1) is 23.2 Å². The van der Waals surface area contributed by atoms with Crippen molar-refractivity contribution >= 4 is 44.5 Å². The van der Waals surface area contributed by atoms with Crippen molar-refractivity contribution in [1.29, 1.82) is 0 Å². The molecule has 0 amide bonds. The molecule has 1 N–H and O–H groups in total. The third-order valence-corrected chi connectivity index (χ3v) is 8.30. The van der Waals surface area contributed by atoms with Crippen molar-refractivity contribution in [3.63, 3.8) is 0 Å². The molecule has 39 heavy (non-hydrogen) atoms. The second kappa shape index (κ2) is 11.0. The number of rotatable bonds is 8. The number of anilines is 3. The summed E-state index contributed by atoms with van der Waals surface area (Å²) in [6.45, 7) is 5.98. The van der Waals surface area contributed by atoms with E-state index in [-0.39, 0.29) is 29.5 Å². The molecular weight excluding hydrogens is 525 g/mol. The Morgan fingerprint density at radius 3 is 2.44 bits per heavy atom. The molecule has 2 aliphatic rings. The average molecular weight is 558 g/mol. The Morgan fingerprint density at radius 2 is 1.82 bits per heavy atom. The van der Waals surface area contributed by atoms with Crippen molar-refractivity contribution in [3.8, 4) is 0 Å². The summed E-state index contributed by atoms with van der Waals surface area (Å²) >= 11 is 0. The summed E-state index contributed by atoms with van der Waals surface area (Å²) in [6, 6.07) is 3.75. The summed E-state index contributed by atoms with van der Waals surface area (Å²) in [7, 11) is -4.46. The Kier molecular flexibility index (Phi) is 7.63. The lowest BCUT2D eigenvalue weighted by Gasteiger charge is -2.35. The van der Waals surface area contributed by atoms with Crippen LogP contribution in [0.3, 0.4) is 0 Å². The zero-order valence-electron chi connectivity index (χ0n) is 22.1. The van der Waals surface area contributed by atoms with Crippen LogP contribution in [0.5, 0.6) is 0 Å². The topological polar surface area (TPSA) is 130 Å². The number of Topliss-reactive ketones (excluding diaryl/α,β-unsaturated/α-hetero) is 1. The number of halogens is 1. The SMILES string of the molecule is CC(=O)c1c(C)c2cnc(Nc3ccc(N4CCN(CCS(=O)(=O)F)CC4)cn3)nc2n(C2CCCC2)c1=O. The van der Waals surface area contributed by atoms with Gasteiger partial charge in [0, 0.05) is 50.3 Å². The Bertz CT molecular complexity index is 1550. The first kappa shape index (κ1) is 27.1. The van der Waals surface area contributed by atoms with Crippen molar-refractivity contribution < 1.29 is 17.1 Å². The number of hydrogen-bond donors (Lipinski definition) is 1. The minimum absolute atomic E-state index is 0.000648. The van der Waals surface area contributed by atoms with Crippen LogP contribution in [0.1, 0.15) is 54.6 Å². The van der Waals surface area contributed by atoms with Gasteiger partial charge in [0.2, 0.25) is 5.95 Å². The average Bonchev–Trinajstić information content (AvgIpc) is 3.42. The molecule has 2 fully saturated rings. The maximum atomic E-state index is 13.4. The molecule has 1 saturated carbocycles. The fourth-order valence-corrected chi connectivity index (χ4v) is 6.01. The summed E-state index contributed by atoms with van der Waals surface area (Å²) < 4.78 is 36.0. The number of hydrogen-bond acceptors (Lipinski definition) is 10. The van der Waals surface area contributed by atoms with Crippen molar-refractivity contribution in [2.75, 3.05) is 48.7 Å². The first-order valence-corrected chi connectivity index (χ1v) is 14.7. The molecule has 3 aromatic rings. The van der Waals surface area contributed by atoms with E-state index in [1.165, 1.54) is 6.92 Å². The van der Waals surface area contributed by atoms with Gasteiger partial charge in [-0.2, -0.15) is 13.4 Å². The van der Waals surface area contributed by atoms with E-state index in [9.17, 15) is 21.9 Å². The van der Waals surface area contributed by atoms with Crippen LogP contribution >= 0.6 is 0 Å². The molecule has 4 heterocycles. The highest BCUT2D eigenvalue weighted by atomic mass is 32.3. The van der Waals surface area contributed by atoms with Gasteiger partial charge in [-0.25, -0.2) is 9.97 Å². The Balaban J connectivity index is 1.34. The van der Waals surface area contributed by atoms with Crippen molar-refractivity contribution in [2.24, 2.45) is 0 Å². The number of fused-ring (bicyclic) bond motifs is 1. The Labute approximate surface area is 226 Å². The summed E-state index contributed by atoms with van der Waals surface area (Å²) in [5.74, 6) is 0.101. The minimum atomic E-state index is -4.46. The predicted molar refractivity (Wildman–Crippen MR) is 147 cm³/mol. The number of carbonyl (C=O) groups is 1. The van der Waals surface area contributed by atoms with Crippen LogP contribution in [0.2, 0.25) is 0 Å². The van der Waals surface area contributed by atoms with E-state index < -0.39 is 16.0 Å². The summed E-state index contributed by atoms with van der Waals surface area (Å²) in [5, 5.41) is 3.81. The number of aromatic nitrogens is 4. The van der Waals surface area contributed by atoms with Gasteiger partial charge in [-0.15, -0.1) is 3.89 Å². The van der Waals surface area contributed by atoms with Gasteiger partial charge >= 0.3 is 10.2 Å². The standard InChI is InChI=1S/C26H32FN7O4S/c1-17-21-16-29-26(31-24(21)34(19-5-3-4-6-19)25(36)23(17)18(2)35)30-22-8-7-20(15-28-22)33-11-9-32(10-12-33)13-14-39(27,37)38/h7-8,15-16,19H,3-6,9-14H2,1-2H3,(H,28,29,30,31). The summed E-state index contributed by atoms with van der Waals surface area (Å²) in [6.07, 6.45) is 7.19. The smallest absolute Gasteiger partial charge is 0.303 e. The number of nitrogens with zero attached hydrogens (tertiary/aromatic N) is 6. The molecule has 1 aliphatic heterocycles. The van der Waals surface area contributed by atoms with Gasteiger partial charge < -0.3 is 10.2 Å². The molecule has 0 unspecified atom stereocenters. The summed E-state index contributed by atoms with van der Waals surface area (Å²) in [4.78, 5) is 43.4. The quantitative estimate of drug-likeness (QED) is 0.326. The van der Waals surface area contributed by atoms with Crippen LogP contribution in [0.25, 0.3) is 11.0 Å². The highest BCUT2D eigenvalue weighted by Crippen LogP contribution is 2.32. The summed E-state index contributed by atoms with van der Waals surface area (Å²) in [5.41, 5.74) is 1.93. The van der Waals surface area contributed by atoms with Crippen molar-refractivity contribution in [3.05, 3.63) is 46.0 Å².